The number of carbonyl (C=O) groups excluding carboxylic acids is 1. The van der Waals surface area contributed by atoms with Crippen LogP contribution < -0.4 is 11.1 Å². The summed E-state index contributed by atoms with van der Waals surface area (Å²) in [5, 5.41) is 2.86. The number of nitrogens with one attached hydrogen (secondary N) is 1. The number of rotatable bonds is 4. The molecule has 3 aromatic rings. The van der Waals surface area contributed by atoms with Gasteiger partial charge in [0.25, 0.3) is 5.91 Å². The SMILES string of the molecule is CS(=O)(=O)c1ccc(C(=O)Nc2cccc(-c3ccc(N)cc3)c2)c(Cl)c1. The van der Waals surface area contributed by atoms with E-state index in [4.69, 9.17) is 17.3 Å². The smallest absolute Gasteiger partial charge is 0.257 e. The largest absolute Gasteiger partial charge is 0.399 e. The summed E-state index contributed by atoms with van der Waals surface area (Å²) in [5.41, 5.74) is 9.07. The average molecular weight is 401 g/mol. The molecule has 0 aromatic heterocycles. The highest BCUT2D eigenvalue weighted by molar-refractivity contribution is 7.90. The van der Waals surface area contributed by atoms with E-state index in [1.54, 1.807) is 6.07 Å². The van der Waals surface area contributed by atoms with Gasteiger partial charge in [-0.25, -0.2) is 8.42 Å². The Morgan fingerprint density at radius 1 is 0.963 bits per heavy atom. The van der Waals surface area contributed by atoms with Crippen LogP contribution in [0, 0.1) is 0 Å². The van der Waals surface area contributed by atoms with Gasteiger partial charge < -0.3 is 11.1 Å². The van der Waals surface area contributed by atoms with Gasteiger partial charge in [0.15, 0.2) is 9.84 Å². The first-order valence-corrected chi connectivity index (χ1v) is 10.3. The van der Waals surface area contributed by atoms with Crippen molar-refractivity contribution < 1.29 is 13.2 Å². The maximum atomic E-state index is 12.5. The Morgan fingerprint density at radius 2 is 1.67 bits per heavy atom. The fourth-order valence-electron chi connectivity index (χ4n) is 2.56. The summed E-state index contributed by atoms with van der Waals surface area (Å²) < 4.78 is 23.2. The number of carbonyl (C=O) groups is 1. The van der Waals surface area contributed by atoms with Crippen LogP contribution in [0.1, 0.15) is 10.4 Å². The summed E-state index contributed by atoms with van der Waals surface area (Å²) in [6, 6.07) is 18.8. The standard InChI is InChI=1S/C20H17ClN2O3S/c1-27(25,26)17-9-10-18(19(21)12-17)20(24)23-16-4-2-3-14(11-16)13-5-7-15(22)8-6-13/h2-12H,22H2,1H3,(H,23,24). The van der Waals surface area contributed by atoms with Crippen molar-refractivity contribution in [2.24, 2.45) is 0 Å². The number of nitrogens with two attached hydrogens (primary N) is 1. The summed E-state index contributed by atoms with van der Waals surface area (Å²) in [5.74, 6) is -0.422. The van der Waals surface area contributed by atoms with Gasteiger partial charge in [-0.15, -0.1) is 0 Å². The Bertz CT molecular complexity index is 1110. The molecule has 27 heavy (non-hydrogen) atoms. The molecule has 0 heterocycles. The number of benzene rings is 3. The number of amides is 1. The van der Waals surface area contributed by atoms with Gasteiger partial charge in [-0.1, -0.05) is 35.9 Å². The van der Waals surface area contributed by atoms with E-state index in [0.717, 1.165) is 17.4 Å². The summed E-state index contributed by atoms with van der Waals surface area (Å²) in [6.45, 7) is 0. The van der Waals surface area contributed by atoms with Crippen molar-refractivity contribution in [3.63, 3.8) is 0 Å². The summed E-state index contributed by atoms with van der Waals surface area (Å²) >= 11 is 6.10. The van der Waals surface area contributed by atoms with Gasteiger partial charge in [-0.3, -0.25) is 4.79 Å². The van der Waals surface area contributed by atoms with Crippen molar-refractivity contribution in [1.82, 2.24) is 0 Å². The molecule has 0 fully saturated rings. The lowest BCUT2D eigenvalue weighted by molar-refractivity contribution is 0.102. The number of hydrogen-bond acceptors (Lipinski definition) is 4. The molecule has 0 bridgehead atoms. The zero-order valence-corrected chi connectivity index (χ0v) is 16.0. The third-order valence-corrected chi connectivity index (χ3v) is 5.40. The van der Waals surface area contributed by atoms with E-state index in [1.165, 1.54) is 18.2 Å². The van der Waals surface area contributed by atoms with Crippen molar-refractivity contribution in [3.05, 3.63) is 77.3 Å². The third kappa shape index (κ3) is 4.48. The average Bonchev–Trinajstić information content (AvgIpc) is 2.61. The van der Waals surface area contributed by atoms with E-state index in [2.05, 4.69) is 5.32 Å². The molecule has 0 radical (unpaired) electrons. The molecule has 3 N–H and O–H groups in total. The van der Waals surface area contributed by atoms with Crippen LogP contribution in [0.2, 0.25) is 5.02 Å². The van der Waals surface area contributed by atoms with Crippen molar-refractivity contribution >= 4 is 38.7 Å². The predicted octanol–water partition coefficient (Wildman–Crippen LogP) is 4.25. The maximum Gasteiger partial charge on any atom is 0.257 e. The number of halogens is 1. The molecule has 0 spiro atoms. The monoisotopic (exact) mass is 400 g/mol. The first kappa shape index (κ1) is 18.9. The molecule has 0 saturated heterocycles. The molecule has 1 amide bonds. The molecule has 7 heteroatoms. The molecule has 0 aliphatic carbocycles. The lowest BCUT2D eigenvalue weighted by Gasteiger charge is -2.10. The highest BCUT2D eigenvalue weighted by atomic mass is 35.5. The number of sulfone groups is 1. The number of nitrogen functional groups attached to an aromatic ring is 1. The molecule has 0 unspecified atom stereocenters. The second-order valence-electron chi connectivity index (χ2n) is 6.07. The van der Waals surface area contributed by atoms with Crippen molar-refractivity contribution in [2.75, 3.05) is 17.3 Å². The second kappa shape index (κ2) is 7.42. The van der Waals surface area contributed by atoms with Gasteiger partial charge in [0.2, 0.25) is 0 Å². The van der Waals surface area contributed by atoms with Crippen LogP contribution in [0.25, 0.3) is 11.1 Å². The van der Waals surface area contributed by atoms with E-state index in [1.807, 2.05) is 42.5 Å². The van der Waals surface area contributed by atoms with Gasteiger partial charge in [-0.2, -0.15) is 0 Å². The summed E-state index contributed by atoms with van der Waals surface area (Å²) in [4.78, 5) is 12.6. The Hall–Kier alpha value is -2.83. The first-order valence-electron chi connectivity index (χ1n) is 8.01. The topological polar surface area (TPSA) is 89.3 Å². The first-order chi connectivity index (χ1) is 12.7. The van der Waals surface area contributed by atoms with Crippen LogP contribution in [0.3, 0.4) is 0 Å². The Balaban J connectivity index is 1.84. The van der Waals surface area contributed by atoms with E-state index in [0.29, 0.717) is 11.4 Å². The van der Waals surface area contributed by atoms with Crippen molar-refractivity contribution in [1.29, 1.82) is 0 Å². The lowest BCUT2D eigenvalue weighted by atomic mass is 10.0. The van der Waals surface area contributed by atoms with Gasteiger partial charge in [0.05, 0.1) is 15.5 Å². The zero-order valence-electron chi connectivity index (χ0n) is 14.4. The minimum absolute atomic E-state index is 0.0643. The summed E-state index contributed by atoms with van der Waals surface area (Å²) in [7, 11) is -3.39. The van der Waals surface area contributed by atoms with Crippen LogP contribution in [-0.4, -0.2) is 20.6 Å². The molecule has 0 saturated carbocycles. The fraction of sp³-hybridized carbons (Fsp3) is 0.0500. The molecular weight excluding hydrogens is 384 g/mol. The van der Waals surface area contributed by atoms with Crippen LogP contribution >= 0.6 is 11.6 Å². The maximum absolute atomic E-state index is 12.5. The van der Waals surface area contributed by atoms with Crippen molar-refractivity contribution in [2.45, 2.75) is 4.90 Å². The van der Waals surface area contributed by atoms with E-state index in [-0.39, 0.29) is 15.5 Å². The van der Waals surface area contributed by atoms with Gasteiger partial charge in [0.1, 0.15) is 0 Å². The summed E-state index contributed by atoms with van der Waals surface area (Å²) in [6.07, 6.45) is 1.08. The molecule has 0 atom stereocenters. The van der Waals surface area contributed by atoms with Gasteiger partial charge in [0, 0.05) is 17.6 Å². The molecule has 5 nitrogen and oxygen atoms in total. The zero-order chi connectivity index (χ0) is 19.6. The van der Waals surface area contributed by atoms with E-state index < -0.39 is 15.7 Å². The van der Waals surface area contributed by atoms with Gasteiger partial charge in [-0.05, 0) is 53.6 Å². The molecule has 3 rings (SSSR count). The Labute approximate surface area is 162 Å². The fourth-order valence-corrected chi connectivity index (χ4v) is 3.54. The quantitative estimate of drug-likeness (QED) is 0.641. The molecule has 138 valence electrons. The highest BCUT2D eigenvalue weighted by Gasteiger charge is 2.15. The Morgan fingerprint density at radius 3 is 2.30 bits per heavy atom. The Kier molecular flexibility index (Phi) is 5.21. The van der Waals surface area contributed by atoms with Gasteiger partial charge >= 0.3 is 0 Å². The van der Waals surface area contributed by atoms with Crippen LogP contribution in [0.4, 0.5) is 11.4 Å². The lowest BCUT2D eigenvalue weighted by Crippen LogP contribution is -2.13. The molecule has 0 aliphatic rings. The second-order valence-corrected chi connectivity index (χ2v) is 8.49. The highest BCUT2D eigenvalue weighted by Crippen LogP contribution is 2.25. The van der Waals surface area contributed by atoms with Crippen LogP contribution in [0.15, 0.2) is 71.6 Å². The van der Waals surface area contributed by atoms with E-state index >= 15 is 0 Å². The number of anilines is 2. The molecule has 3 aromatic carbocycles. The molecular formula is C20H17ClN2O3S. The molecule has 0 aliphatic heterocycles. The number of hydrogen-bond donors (Lipinski definition) is 2. The predicted molar refractivity (Wildman–Crippen MR) is 109 cm³/mol. The minimum Gasteiger partial charge on any atom is -0.399 e. The normalized spacial score (nSPS) is 11.2. The van der Waals surface area contributed by atoms with Crippen molar-refractivity contribution in [3.8, 4) is 11.1 Å². The van der Waals surface area contributed by atoms with Crippen LogP contribution in [-0.2, 0) is 9.84 Å². The third-order valence-electron chi connectivity index (χ3n) is 3.98. The van der Waals surface area contributed by atoms with E-state index in [9.17, 15) is 13.2 Å². The van der Waals surface area contributed by atoms with Crippen LogP contribution in [0.5, 0.6) is 0 Å². The minimum atomic E-state index is -3.39.